The molecular weight excluding hydrogens is 687 g/mol. The number of aromatic nitrogens is 1. The number of sulfonamides is 1. The number of amides is 2. The van der Waals surface area contributed by atoms with Crippen LogP contribution in [0.25, 0.3) is 0 Å². The van der Waals surface area contributed by atoms with Crippen LogP contribution in [0.3, 0.4) is 0 Å². The Kier molecular flexibility index (Phi) is 14.3. The second-order valence-electron chi connectivity index (χ2n) is 14.2. The lowest BCUT2D eigenvalue weighted by Gasteiger charge is -2.39. The fraction of sp³-hybridized carbons (Fsp3) is 0.474. The van der Waals surface area contributed by atoms with Crippen molar-refractivity contribution in [3.8, 4) is 0 Å². The summed E-state index contributed by atoms with van der Waals surface area (Å²) in [6.07, 6.45) is 2.96. The minimum absolute atomic E-state index is 0.0288. The summed E-state index contributed by atoms with van der Waals surface area (Å²) >= 11 is 0. The number of methoxy groups -OCH3 is 2. The van der Waals surface area contributed by atoms with Crippen LogP contribution in [0.4, 0.5) is 10.6 Å². The van der Waals surface area contributed by atoms with Crippen molar-refractivity contribution in [2.45, 2.75) is 82.6 Å². The summed E-state index contributed by atoms with van der Waals surface area (Å²) in [4.78, 5) is 33.7. The number of aliphatic hydroxyl groups is 1. The van der Waals surface area contributed by atoms with E-state index >= 15 is 0 Å². The molecule has 1 fully saturated rings. The van der Waals surface area contributed by atoms with Crippen LogP contribution in [0.2, 0.25) is 0 Å². The maximum absolute atomic E-state index is 14.5. The van der Waals surface area contributed by atoms with Crippen molar-refractivity contribution in [2.24, 2.45) is 16.5 Å². The van der Waals surface area contributed by atoms with Crippen molar-refractivity contribution in [3.05, 3.63) is 89.6 Å². The average Bonchev–Trinajstić information content (AvgIpc) is 3.63. The summed E-state index contributed by atoms with van der Waals surface area (Å²) in [5, 5.41) is 26.9. The van der Waals surface area contributed by atoms with Gasteiger partial charge in [0, 0.05) is 20.2 Å². The van der Waals surface area contributed by atoms with Gasteiger partial charge in [-0.25, -0.2) is 23.1 Å². The van der Waals surface area contributed by atoms with E-state index in [2.05, 4.69) is 15.5 Å². The number of carbonyl (C=O) groups excluding carboxylic acids is 2. The number of carbonyl (C=O) groups is 2. The molecule has 1 aromatic heterocycles. The summed E-state index contributed by atoms with van der Waals surface area (Å²) < 4.78 is 40.0. The Morgan fingerprint density at radius 2 is 1.69 bits per heavy atom. The lowest BCUT2D eigenvalue weighted by Crippen LogP contribution is -2.60. The van der Waals surface area contributed by atoms with Gasteiger partial charge in [-0.3, -0.25) is 4.79 Å². The molecule has 282 valence electrons. The third-order valence-corrected chi connectivity index (χ3v) is 11.0. The van der Waals surface area contributed by atoms with Gasteiger partial charge in [0.2, 0.25) is 15.9 Å². The molecular formula is C38H51N5O8S. The van der Waals surface area contributed by atoms with Crippen molar-refractivity contribution in [2.75, 3.05) is 32.2 Å². The lowest BCUT2D eigenvalue weighted by molar-refractivity contribution is -0.126. The summed E-state index contributed by atoms with van der Waals surface area (Å²) in [5.74, 6) is -0.282. The van der Waals surface area contributed by atoms with Gasteiger partial charge in [0.1, 0.15) is 11.9 Å². The SMILES string of the molecule is COCc1cccc(N(C(=O)OC)[C@H](C(=O)N[C@@H](Cc2ccccc2)[C@H](O)CN(CC2CCCC2)S(=O)(=O)c2ccc(/C=N/O)cc2)C(C)(C)C)n1. The molecule has 2 aromatic carbocycles. The number of nitrogens with zero attached hydrogens (tertiary/aromatic N) is 4. The fourth-order valence-electron chi connectivity index (χ4n) is 6.60. The maximum Gasteiger partial charge on any atom is 0.415 e. The van der Waals surface area contributed by atoms with Crippen LogP contribution < -0.4 is 10.2 Å². The number of pyridine rings is 1. The fourth-order valence-corrected chi connectivity index (χ4v) is 8.13. The Labute approximate surface area is 306 Å². The molecule has 2 amide bonds. The number of benzene rings is 2. The molecule has 0 aliphatic heterocycles. The second kappa shape index (κ2) is 18.4. The molecule has 13 nitrogen and oxygen atoms in total. The number of anilines is 1. The van der Waals surface area contributed by atoms with Crippen molar-refractivity contribution in [1.29, 1.82) is 0 Å². The highest BCUT2D eigenvalue weighted by Crippen LogP contribution is 2.31. The molecule has 0 radical (unpaired) electrons. The molecule has 1 saturated carbocycles. The van der Waals surface area contributed by atoms with E-state index in [-0.39, 0.29) is 42.7 Å². The molecule has 0 saturated heterocycles. The van der Waals surface area contributed by atoms with Crippen LogP contribution >= 0.6 is 0 Å². The largest absolute Gasteiger partial charge is 0.452 e. The molecule has 3 N–H and O–H groups in total. The van der Waals surface area contributed by atoms with E-state index in [1.54, 1.807) is 18.2 Å². The van der Waals surface area contributed by atoms with Crippen LogP contribution in [-0.2, 0) is 37.3 Å². The highest BCUT2D eigenvalue weighted by molar-refractivity contribution is 7.89. The first-order valence-electron chi connectivity index (χ1n) is 17.4. The lowest BCUT2D eigenvalue weighted by atomic mass is 9.84. The predicted octanol–water partition coefficient (Wildman–Crippen LogP) is 4.99. The Bertz CT molecular complexity index is 1740. The van der Waals surface area contributed by atoms with Gasteiger partial charge in [-0.2, -0.15) is 4.31 Å². The average molecular weight is 738 g/mol. The molecule has 4 rings (SSSR count). The first-order valence-corrected chi connectivity index (χ1v) is 18.8. The van der Waals surface area contributed by atoms with Crippen LogP contribution in [-0.4, -0.2) is 91.7 Å². The van der Waals surface area contributed by atoms with Gasteiger partial charge in [-0.1, -0.05) is 87.3 Å². The monoisotopic (exact) mass is 737 g/mol. The molecule has 14 heteroatoms. The van der Waals surface area contributed by atoms with Gasteiger partial charge in [-0.05, 0) is 66.0 Å². The summed E-state index contributed by atoms with van der Waals surface area (Å²) in [6, 6.07) is 18.2. The molecule has 3 aromatic rings. The summed E-state index contributed by atoms with van der Waals surface area (Å²) in [7, 11) is -1.35. The Balaban J connectivity index is 1.71. The van der Waals surface area contributed by atoms with E-state index in [1.165, 1.54) is 53.9 Å². The molecule has 0 unspecified atom stereocenters. The number of nitrogens with one attached hydrogen (secondary N) is 1. The highest BCUT2D eigenvalue weighted by Gasteiger charge is 2.43. The van der Waals surface area contributed by atoms with Crippen molar-refractivity contribution < 1.29 is 37.8 Å². The molecule has 1 aliphatic rings. The van der Waals surface area contributed by atoms with Crippen molar-refractivity contribution in [3.63, 3.8) is 0 Å². The molecule has 3 atom stereocenters. The first-order chi connectivity index (χ1) is 24.8. The van der Waals surface area contributed by atoms with Gasteiger partial charge in [0.25, 0.3) is 0 Å². The Morgan fingerprint density at radius 1 is 1.02 bits per heavy atom. The van der Waals surface area contributed by atoms with E-state index in [1.807, 2.05) is 51.1 Å². The number of aliphatic hydroxyl groups excluding tert-OH is 1. The minimum atomic E-state index is -4.10. The number of hydrogen-bond acceptors (Lipinski definition) is 10. The number of oxime groups is 1. The van der Waals surface area contributed by atoms with Gasteiger partial charge < -0.3 is 25.1 Å². The summed E-state index contributed by atoms with van der Waals surface area (Å²) in [5.41, 5.74) is 1.01. The van der Waals surface area contributed by atoms with Gasteiger partial charge in [0.05, 0.1) is 42.7 Å². The summed E-state index contributed by atoms with van der Waals surface area (Å²) in [6.45, 7) is 5.52. The van der Waals surface area contributed by atoms with Crippen LogP contribution in [0.15, 0.2) is 82.8 Å². The van der Waals surface area contributed by atoms with E-state index in [0.29, 0.717) is 11.3 Å². The van der Waals surface area contributed by atoms with Gasteiger partial charge in [-0.15, -0.1) is 0 Å². The Hall–Kier alpha value is -4.37. The second-order valence-corrected chi connectivity index (χ2v) is 16.1. The van der Waals surface area contributed by atoms with Crippen LogP contribution in [0, 0.1) is 11.3 Å². The normalized spacial score (nSPS) is 15.8. The first kappa shape index (κ1) is 40.4. The third kappa shape index (κ3) is 10.6. The van der Waals surface area contributed by atoms with E-state index in [4.69, 9.17) is 14.7 Å². The zero-order valence-corrected chi connectivity index (χ0v) is 31.3. The standard InChI is InChI=1S/C38H51N5O8S/c1-38(2,3)35(43(37(46)51-5)34-17-11-16-30(40-34)26-50-4)36(45)41-32(22-27-12-7-6-8-13-27)33(44)25-42(24-29-14-9-10-15-29)52(48,49)31-20-18-28(19-21-31)23-39-47/h6-8,11-13,16-21,23,29,32-33,35,44,47H,9-10,14-15,22,24-26H2,1-5H3,(H,41,45)/b39-23+/t32-,33+,35+/m0/s1. The predicted molar refractivity (Wildman–Crippen MR) is 198 cm³/mol. The topological polar surface area (TPSA) is 171 Å². The maximum atomic E-state index is 14.5. The molecule has 52 heavy (non-hydrogen) atoms. The number of rotatable bonds is 16. The van der Waals surface area contributed by atoms with Crippen molar-refractivity contribution >= 4 is 34.1 Å². The van der Waals surface area contributed by atoms with Crippen LogP contribution in [0.5, 0.6) is 0 Å². The quantitative estimate of drug-likeness (QED) is 0.104. The molecule has 0 bridgehead atoms. The third-order valence-electron chi connectivity index (χ3n) is 9.17. The zero-order valence-electron chi connectivity index (χ0n) is 30.5. The number of ether oxygens (including phenoxy) is 2. The van der Waals surface area contributed by atoms with E-state index in [9.17, 15) is 23.1 Å². The van der Waals surface area contributed by atoms with E-state index in [0.717, 1.165) is 31.2 Å². The van der Waals surface area contributed by atoms with Gasteiger partial charge in [0.15, 0.2) is 0 Å². The van der Waals surface area contributed by atoms with E-state index < -0.39 is 45.6 Å². The van der Waals surface area contributed by atoms with Crippen molar-refractivity contribution in [1.82, 2.24) is 14.6 Å². The number of hydrogen-bond donors (Lipinski definition) is 3. The zero-order chi connectivity index (χ0) is 37.9. The minimum Gasteiger partial charge on any atom is -0.452 e. The highest BCUT2D eigenvalue weighted by atomic mass is 32.2. The Morgan fingerprint density at radius 3 is 2.29 bits per heavy atom. The molecule has 1 heterocycles. The van der Waals surface area contributed by atoms with Gasteiger partial charge >= 0.3 is 6.09 Å². The molecule has 1 aliphatic carbocycles. The smallest absolute Gasteiger partial charge is 0.415 e. The molecule has 0 spiro atoms. The van der Waals surface area contributed by atoms with Crippen LogP contribution in [0.1, 0.15) is 63.3 Å².